The van der Waals surface area contributed by atoms with E-state index in [1.165, 1.54) is 25.3 Å². The van der Waals surface area contributed by atoms with Crippen molar-refractivity contribution in [2.75, 3.05) is 13.1 Å². The van der Waals surface area contributed by atoms with Gasteiger partial charge in [-0.15, -0.1) is 0 Å². The van der Waals surface area contributed by atoms with Crippen LogP contribution in [0.2, 0.25) is 0 Å². The number of piperidine rings is 1. The highest BCUT2D eigenvalue weighted by atomic mass is 19.1. The van der Waals surface area contributed by atoms with Crippen LogP contribution in [0.15, 0.2) is 18.3 Å². The van der Waals surface area contributed by atoms with Crippen LogP contribution in [-0.4, -0.2) is 23.0 Å². The van der Waals surface area contributed by atoms with Gasteiger partial charge in [-0.2, -0.15) is 0 Å². The third kappa shape index (κ3) is 2.79. The molecule has 1 aliphatic heterocycles. The summed E-state index contributed by atoms with van der Waals surface area (Å²) in [6.45, 7) is 5.06. The van der Waals surface area contributed by atoms with Gasteiger partial charge in [0, 0.05) is 12.7 Å². The number of likely N-dealkylation sites (tertiary alicyclic amines) is 1. The van der Waals surface area contributed by atoms with Crippen LogP contribution in [0.3, 0.4) is 0 Å². The number of nitrogens with zero attached hydrogens (tertiary/aromatic N) is 2. The largest absolute Gasteiger partial charge is 0.297 e. The number of rotatable bonds is 3. The topological polar surface area (TPSA) is 16.1 Å². The maximum atomic E-state index is 13.4. The molecular formula is C13H19FN2. The summed E-state index contributed by atoms with van der Waals surface area (Å²) < 4.78 is 13.4. The predicted molar refractivity (Wildman–Crippen MR) is 62.5 cm³/mol. The second-order valence-electron chi connectivity index (χ2n) is 4.56. The van der Waals surface area contributed by atoms with E-state index in [1.807, 2.05) is 0 Å². The lowest BCUT2D eigenvalue weighted by atomic mass is 9.94. The zero-order valence-electron chi connectivity index (χ0n) is 9.82. The summed E-state index contributed by atoms with van der Waals surface area (Å²) in [4.78, 5) is 6.40. The van der Waals surface area contributed by atoms with Gasteiger partial charge >= 0.3 is 0 Å². The molecule has 1 aromatic heterocycles. The molecule has 3 heteroatoms. The van der Waals surface area contributed by atoms with Crippen molar-refractivity contribution in [2.45, 2.75) is 32.7 Å². The van der Waals surface area contributed by atoms with Gasteiger partial charge in [0.1, 0.15) is 5.82 Å². The molecule has 0 bridgehead atoms. The van der Waals surface area contributed by atoms with Gasteiger partial charge in [0.25, 0.3) is 0 Å². The first-order valence-corrected chi connectivity index (χ1v) is 6.11. The highest BCUT2D eigenvalue weighted by molar-refractivity contribution is 5.06. The van der Waals surface area contributed by atoms with E-state index in [0.717, 1.165) is 19.0 Å². The fourth-order valence-electron chi connectivity index (χ4n) is 2.30. The normalized spacial score (nSPS) is 18.9. The van der Waals surface area contributed by atoms with Gasteiger partial charge in [0.15, 0.2) is 0 Å². The van der Waals surface area contributed by atoms with Crippen molar-refractivity contribution in [3.05, 3.63) is 29.8 Å². The molecule has 0 aliphatic carbocycles. The Morgan fingerprint density at radius 2 is 2.19 bits per heavy atom. The van der Waals surface area contributed by atoms with Crippen molar-refractivity contribution in [3.63, 3.8) is 0 Å². The molecule has 0 radical (unpaired) electrons. The Morgan fingerprint density at radius 1 is 1.44 bits per heavy atom. The molecule has 0 N–H and O–H groups in total. The Balaban J connectivity index is 1.89. The Kier molecular flexibility index (Phi) is 3.88. The molecule has 2 heterocycles. The average Bonchev–Trinajstić information content (AvgIpc) is 2.33. The molecule has 0 unspecified atom stereocenters. The number of hydrogen-bond acceptors (Lipinski definition) is 2. The second kappa shape index (κ2) is 5.39. The first-order valence-electron chi connectivity index (χ1n) is 6.11. The van der Waals surface area contributed by atoms with E-state index < -0.39 is 0 Å². The SMILES string of the molecule is CCC1CCN(Cc2ncccc2F)CC1. The van der Waals surface area contributed by atoms with E-state index in [2.05, 4.69) is 16.8 Å². The van der Waals surface area contributed by atoms with E-state index in [9.17, 15) is 4.39 Å². The minimum Gasteiger partial charge on any atom is -0.297 e. The predicted octanol–water partition coefficient (Wildman–Crippen LogP) is 2.84. The number of hydrogen-bond donors (Lipinski definition) is 0. The van der Waals surface area contributed by atoms with Gasteiger partial charge < -0.3 is 0 Å². The van der Waals surface area contributed by atoms with Crippen molar-refractivity contribution < 1.29 is 4.39 Å². The van der Waals surface area contributed by atoms with E-state index in [0.29, 0.717) is 12.2 Å². The minimum atomic E-state index is -0.180. The van der Waals surface area contributed by atoms with Crippen LogP contribution in [0.5, 0.6) is 0 Å². The molecule has 88 valence electrons. The molecular weight excluding hydrogens is 203 g/mol. The quantitative estimate of drug-likeness (QED) is 0.781. The van der Waals surface area contributed by atoms with E-state index in [1.54, 1.807) is 12.3 Å². The van der Waals surface area contributed by atoms with Crippen LogP contribution in [0.4, 0.5) is 4.39 Å². The summed E-state index contributed by atoms with van der Waals surface area (Å²) >= 11 is 0. The van der Waals surface area contributed by atoms with Crippen molar-refractivity contribution in [1.82, 2.24) is 9.88 Å². The zero-order valence-corrected chi connectivity index (χ0v) is 9.82. The monoisotopic (exact) mass is 222 g/mol. The highest BCUT2D eigenvalue weighted by Crippen LogP contribution is 2.21. The van der Waals surface area contributed by atoms with E-state index in [-0.39, 0.29) is 5.82 Å². The van der Waals surface area contributed by atoms with Gasteiger partial charge in [-0.05, 0) is 44.0 Å². The third-order valence-electron chi connectivity index (χ3n) is 3.49. The summed E-state index contributed by atoms with van der Waals surface area (Å²) in [5.41, 5.74) is 0.581. The molecule has 0 aromatic carbocycles. The molecule has 2 rings (SSSR count). The Bertz CT molecular complexity index is 332. The molecule has 0 saturated carbocycles. The number of aromatic nitrogens is 1. The summed E-state index contributed by atoms with van der Waals surface area (Å²) in [5, 5.41) is 0. The number of halogens is 1. The molecule has 1 aromatic rings. The smallest absolute Gasteiger partial charge is 0.146 e. The maximum Gasteiger partial charge on any atom is 0.146 e. The summed E-state index contributed by atoms with van der Waals surface area (Å²) in [7, 11) is 0. The Labute approximate surface area is 96.5 Å². The molecule has 16 heavy (non-hydrogen) atoms. The molecule has 0 spiro atoms. The van der Waals surface area contributed by atoms with Crippen molar-refractivity contribution in [3.8, 4) is 0 Å². The molecule has 1 aliphatic rings. The average molecular weight is 222 g/mol. The zero-order chi connectivity index (χ0) is 11.4. The van der Waals surface area contributed by atoms with Gasteiger partial charge in [0.05, 0.1) is 5.69 Å². The van der Waals surface area contributed by atoms with Gasteiger partial charge in [0.2, 0.25) is 0 Å². The first-order chi connectivity index (χ1) is 7.79. The Hall–Kier alpha value is -0.960. The highest BCUT2D eigenvalue weighted by Gasteiger charge is 2.18. The summed E-state index contributed by atoms with van der Waals surface area (Å²) in [5.74, 6) is 0.685. The van der Waals surface area contributed by atoms with Crippen molar-refractivity contribution in [2.24, 2.45) is 5.92 Å². The van der Waals surface area contributed by atoms with Gasteiger partial charge in [-0.3, -0.25) is 9.88 Å². The van der Waals surface area contributed by atoms with Crippen LogP contribution < -0.4 is 0 Å². The van der Waals surface area contributed by atoms with Crippen LogP contribution in [0.25, 0.3) is 0 Å². The molecule has 2 nitrogen and oxygen atoms in total. The molecule has 1 saturated heterocycles. The minimum absolute atomic E-state index is 0.180. The maximum absolute atomic E-state index is 13.4. The molecule has 0 amide bonds. The second-order valence-corrected chi connectivity index (χ2v) is 4.56. The van der Waals surface area contributed by atoms with Crippen LogP contribution in [0.1, 0.15) is 31.9 Å². The van der Waals surface area contributed by atoms with Crippen molar-refractivity contribution in [1.29, 1.82) is 0 Å². The van der Waals surface area contributed by atoms with Crippen LogP contribution in [-0.2, 0) is 6.54 Å². The fraction of sp³-hybridized carbons (Fsp3) is 0.615. The third-order valence-corrected chi connectivity index (χ3v) is 3.49. The first kappa shape index (κ1) is 11.5. The van der Waals surface area contributed by atoms with Crippen LogP contribution in [0, 0.1) is 11.7 Å². The number of pyridine rings is 1. The lowest BCUT2D eigenvalue weighted by Crippen LogP contribution is -2.33. The lowest BCUT2D eigenvalue weighted by Gasteiger charge is -2.31. The lowest BCUT2D eigenvalue weighted by molar-refractivity contribution is 0.171. The van der Waals surface area contributed by atoms with Crippen LogP contribution >= 0.6 is 0 Å². The molecule has 0 atom stereocenters. The fourth-order valence-corrected chi connectivity index (χ4v) is 2.30. The summed E-state index contributed by atoms with van der Waals surface area (Å²) in [6.07, 6.45) is 5.42. The Morgan fingerprint density at radius 3 is 2.81 bits per heavy atom. The molecule has 1 fully saturated rings. The standard InChI is InChI=1S/C13H19FN2/c1-2-11-5-8-16(9-6-11)10-13-12(14)4-3-7-15-13/h3-4,7,11H,2,5-6,8-10H2,1H3. The van der Waals surface area contributed by atoms with Crippen molar-refractivity contribution >= 4 is 0 Å². The van der Waals surface area contributed by atoms with Gasteiger partial charge in [-0.25, -0.2) is 4.39 Å². The van der Waals surface area contributed by atoms with E-state index in [4.69, 9.17) is 0 Å². The summed E-state index contributed by atoms with van der Waals surface area (Å²) in [6, 6.07) is 3.13. The van der Waals surface area contributed by atoms with Gasteiger partial charge in [-0.1, -0.05) is 13.3 Å². The van der Waals surface area contributed by atoms with E-state index >= 15 is 0 Å².